The number of hydrogen-bond acceptors (Lipinski definition) is 10. The van der Waals surface area contributed by atoms with Gasteiger partial charge in [-0.25, -0.2) is 28.1 Å². The number of rotatable bonds is 7. The van der Waals surface area contributed by atoms with Crippen molar-refractivity contribution in [2.75, 3.05) is 42.5 Å². The molecule has 2 aromatic heterocycles. The van der Waals surface area contributed by atoms with E-state index in [2.05, 4.69) is 65.3 Å². The maximum atomic E-state index is 14.5. The van der Waals surface area contributed by atoms with Gasteiger partial charge in [0.25, 0.3) is 15.9 Å². The Morgan fingerprint density at radius 3 is 2.40 bits per heavy atom. The Hall–Kier alpha value is -4.62. The molecule has 0 unspecified atom stereocenters. The molecule has 12 nitrogen and oxygen atoms in total. The number of nitrogens with one attached hydrogen (secondary N) is 1. The van der Waals surface area contributed by atoms with E-state index in [0.29, 0.717) is 42.6 Å². The van der Waals surface area contributed by atoms with Gasteiger partial charge in [0, 0.05) is 29.8 Å². The lowest BCUT2D eigenvalue weighted by molar-refractivity contribution is 0.0504. The largest absolute Gasteiger partial charge is 0.475 e. The number of sulfonamides is 1. The van der Waals surface area contributed by atoms with Crippen LogP contribution in [-0.2, 0) is 27.7 Å². The molecule has 1 fully saturated rings. The summed E-state index contributed by atoms with van der Waals surface area (Å²) < 4.78 is 42.4. The molecule has 6 rings (SSSR count). The third-order valence-electron chi connectivity index (χ3n) is 9.28. The van der Waals surface area contributed by atoms with E-state index in [4.69, 9.17) is 14.5 Å². The van der Waals surface area contributed by atoms with Crippen molar-refractivity contribution in [1.29, 1.82) is 0 Å². The fraction of sp³-hybridized carbons (Fsp3) is 0.462. The number of ether oxygens (including phenoxy) is 2. The van der Waals surface area contributed by atoms with E-state index in [9.17, 15) is 13.2 Å². The van der Waals surface area contributed by atoms with E-state index >= 15 is 0 Å². The van der Waals surface area contributed by atoms with Gasteiger partial charge in [0.2, 0.25) is 11.8 Å². The summed E-state index contributed by atoms with van der Waals surface area (Å²) >= 11 is 0. The maximum absolute atomic E-state index is 14.5. The number of morpholine rings is 1. The summed E-state index contributed by atoms with van der Waals surface area (Å²) in [6.07, 6.45) is 4.93. The van der Waals surface area contributed by atoms with Gasteiger partial charge in [-0.15, -0.1) is 0 Å². The van der Waals surface area contributed by atoms with Crippen molar-refractivity contribution < 1.29 is 22.7 Å². The van der Waals surface area contributed by atoms with E-state index < -0.39 is 16.1 Å². The summed E-state index contributed by atoms with van der Waals surface area (Å²) in [7, 11) is -4.21. The molecule has 0 spiro atoms. The lowest BCUT2D eigenvalue weighted by Crippen LogP contribution is -2.45. The van der Waals surface area contributed by atoms with Crippen molar-refractivity contribution in [3.8, 4) is 17.1 Å². The van der Waals surface area contributed by atoms with Crippen molar-refractivity contribution in [3.05, 3.63) is 82.9 Å². The van der Waals surface area contributed by atoms with E-state index in [-0.39, 0.29) is 46.8 Å². The van der Waals surface area contributed by atoms with Gasteiger partial charge in [0.1, 0.15) is 12.4 Å². The molecule has 0 saturated carbocycles. The molecule has 4 bridgehead atoms. The second-order valence-corrected chi connectivity index (χ2v) is 17.0. The van der Waals surface area contributed by atoms with Crippen LogP contribution in [0, 0.1) is 25.2 Å². The SMILES string of the molecule is Cc1cccc(CC(C)C)c1-c1nc2nc(c1C)OC[C@@H](CC(C)(C)C)N(Cc1ncc(N3CCOCC3)cn1)C(=O)c1cccc(c1)S(=O)(=O)N2. The molecule has 1 saturated heterocycles. The first kappa shape index (κ1) is 37.1. The maximum Gasteiger partial charge on any atom is 0.264 e. The summed E-state index contributed by atoms with van der Waals surface area (Å²) in [5, 5.41) is 0. The minimum atomic E-state index is -4.21. The number of carbonyl (C=O) groups is 1. The van der Waals surface area contributed by atoms with Gasteiger partial charge in [-0.05, 0) is 67.3 Å². The van der Waals surface area contributed by atoms with E-state index in [0.717, 1.165) is 41.9 Å². The molecule has 1 amide bonds. The fourth-order valence-corrected chi connectivity index (χ4v) is 7.81. The lowest BCUT2D eigenvalue weighted by Gasteiger charge is -2.35. The Balaban J connectivity index is 1.47. The first-order chi connectivity index (χ1) is 24.7. The van der Waals surface area contributed by atoms with Crippen LogP contribution in [-0.4, -0.2) is 78.1 Å². The number of carbonyl (C=O) groups excluding carboxylic acids is 1. The third kappa shape index (κ3) is 8.53. The Labute approximate surface area is 307 Å². The molecule has 1 atom stereocenters. The summed E-state index contributed by atoms with van der Waals surface area (Å²) in [5.74, 6) is 0.613. The minimum Gasteiger partial charge on any atom is -0.475 e. The summed E-state index contributed by atoms with van der Waals surface area (Å²) in [6.45, 7) is 17.5. The van der Waals surface area contributed by atoms with Crippen LogP contribution >= 0.6 is 0 Å². The number of aromatic nitrogens is 4. The van der Waals surface area contributed by atoms with Gasteiger partial charge in [-0.2, -0.15) is 4.98 Å². The van der Waals surface area contributed by atoms with Gasteiger partial charge in [-0.3, -0.25) is 4.79 Å². The second kappa shape index (κ2) is 15.2. The van der Waals surface area contributed by atoms with Crippen LogP contribution in [0.2, 0.25) is 0 Å². The van der Waals surface area contributed by atoms with Crippen molar-refractivity contribution >= 4 is 27.6 Å². The molecule has 0 aliphatic carbocycles. The average Bonchev–Trinajstić information content (AvgIpc) is 3.10. The topological polar surface area (TPSA) is 140 Å². The van der Waals surface area contributed by atoms with Crippen LogP contribution in [0.15, 0.2) is 59.8 Å². The molecule has 4 aromatic rings. The molecule has 2 aliphatic heterocycles. The molecule has 4 heterocycles. The molecule has 2 aromatic carbocycles. The number of nitrogens with zero attached hydrogens (tertiary/aromatic N) is 6. The van der Waals surface area contributed by atoms with Crippen LogP contribution in [0.1, 0.15) is 73.9 Å². The molecule has 13 heteroatoms. The highest BCUT2D eigenvalue weighted by molar-refractivity contribution is 7.92. The zero-order valence-electron chi connectivity index (χ0n) is 31.1. The lowest BCUT2D eigenvalue weighted by atomic mass is 9.87. The molecular weight excluding hydrogens is 679 g/mol. The second-order valence-electron chi connectivity index (χ2n) is 15.3. The molecule has 276 valence electrons. The predicted octanol–water partition coefficient (Wildman–Crippen LogP) is 6.23. The standard InChI is InChI=1S/C39H49N7O5S/c1-25(2)18-28-11-8-10-26(3)34(28)35-27(4)36-43-38(42-35)44-52(48,49)32-13-9-12-29(19-32)37(47)46(30(24-51-36)20-39(5,6)7)23-33-40-21-31(22-41-33)45-14-16-50-17-15-45/h8-13,19,21-22,25,30H,14-18,20,23-24H2,1-7H3,(H,42,43,44)/t30-/m1/s1. The van der Waals surface area contributed by atoms with Crippen molar-refractivity contribution in [2.45, 2.75) is 78.8 Å². The smallest absolute Gasteiger partial charge is 0.264 e. The van der Waals surface area contributed by atoms with Crippen LogP contribution in [0.5, 0.6) is 5.88 Å². The van der Waals surface area contributed by atoms with Gasteiger partial charge in [0.15, 0.2) is 0 Å². The molecule has 0 radical (unpaired) electrons. The molecule has 2 aliphatic rings. The molecule has 1 N–H and O–H groups in total. The number of aryl methyl sites for hydroxylation is 1. The highest BCUT2D eigenvalue weighted by Crippen LogP contribution is 2.36. The van der Waals surface area contributed by atoms with Crippen LogP contribution in [0.4, 0.5) is 11.6 Å². The van der Waals surface area contributed by atoms with Gasteiger partial charge in [-0.1, -0.05) is 58.9 Å². The average molecular weight is 728 g/mol. The predicted molar refractivity (Wildman–Crippen MR) is 201 cm³/mol. The monoisotopic (exact) mass is 727 g/mol. The Kier molecular flexibility index (Phi) is 10.8. The normalized spacial score (nSPS) is 17.8. The number of fused-ring (bicyclic) bond motifs is 4. The fourth-order valence-electron chi connectivity index (χ4n) is 6.82. The van der Waals surface area contributed by atoms with E-state index in [1.165, 1.54) is 12.1 Å². The number of anilines is 2. The Bertz CT molecular complexity index is 2020. The Morgan fingerprint density at radius 2 is 1.71 bits per heavy atom. The van der Waals surface area contributed by atoms with Crippen LogP contribution < -0.4 is 14.4 Å². The van der Waals surface area contributed by atoms with Gasteiger partial charge in [0.05, 0.1) is 54.5 Å². The first-order valence-electron chi connectivity index (χ1n) is 17.9. The van der Waals surface area contributed by atoms with Crippen molar-refractivity contribution in [2.24, 2.45) is 11.3 Å². The summed E-state index contributed by atoms with van der Waals surface area (Å²) in [6, 6.07) is 11.7. The molecular formula is C39H49N7O5S. The van der Waals surface area contributed by atoms with Crippen LogP contribution in [0.25, 0.3) is 11.3 Å². The number of benzene rings is 2. The zero-order chi connectivity index (χ0) is 37.2. The number of amides is 1. The summed E-state index contributed by atoms with van der Waals surface area (Å²) in [4.78, 5) is 37.1. The highest BCUT2D eigenvalue weighted by Gasteiger charge is 2.33. The van der Waals surface area contributed by atoms with Crippen molar-refractivity contribution in [3.63, 3.8) is 0 Å². The van der Waals surface area contributed by atoms with E-state index in [1.807, 2.05) is 26.0 Å². The highest BCUT2D eigenvalue weighted by atomic mass is 32.2. The Morgan fingerprint density at radius 1 is 1.00 bits per heavy atom. The number of hydrogen-bond donors (Lipinski definition) is 1. The van der Waals surface area contributed by atoms with Crippen LogP contribution in [0.3, 0.4) is 0 Å². The minimum absolute atomic E-state index is 0.0828. The van der Waals surface area contributed by atoms with Gasteiger partial charge >= 0.3 is 0 Å². The van der Waals surface area contributed by atoms with Crippen molar-refractivity contribution in [1.82, 2.24) is 24.8 Å². The quantitative estimate of drug-likeness (QED) is 0.233. The van der Waals surface area contributed by atoms with E-state index in [1.54, 1.807) is 29.4 Å². The third-order valence-corrected chi connectivity index (χ3v) is 10.6. The molecule has 52 heavy (non-hydrogen) atoms. The first-order valence-corrected chi connectivity index (χ1v) is 19.3. The summed E-state index contributed by atoms with van der Waals surface area (Å²) in [5.41, 5.74) is 5.19. The van der Waals surface area contributed by atoms with Gasteiger partial charge < -0.3 is 19.3 Å². The zero-order valence-corrected chi connectivity index (χ0v) is 32.0.